The quantitative estimate of drug-likeness (QED) is 0.755. The van der Waals surface area contributed by atoms with Crippen LogP contribution in [0.2, 0.25) is 0 Å². The number of hydrogen-bond acceptors (Lipinski definition) is 3. The lowest BCUT2D eigenvalue weighted by Gasteiger charge is -2.37. The summed E-state index contributed by atoms with van der Waals surface area (Å²) in [7, 11) is 0. The van der Waals surface area contributed by atoms with Crippen molar-refractivity contribution in [1.82, 2.24) is 14.9 Å². The fourth-order valence-electron chi connectivity index (χ4n) is 3.07. The van der Waals surface area contributed by atoms with E-state index in [2.05, 4.69) is 41.8 Å². The first-order chi connectivity index (χ1) is 9.78. The van der Waals surface area contributed by atoms with Crippen LogP contribution in [-0.4, -0.2) is 28.8 Å². The first-order valence-corrected chi connectivity index (χ1v) is 8.14. The largest absolute Gasteiger partial charge is 0.378 e. The van der Waals surface area contributed by atoms with Gasteiger partial charge in [0.05, 0.1) is 12.1 Å². The van der Waals surface area contributed by atoms with E-state index < -0.39 is 0 Å². The Bertz CT molecular complexity index is 385. The SMILES string of the molecule is CCCNC(CC1CC(OCC)C1)c1nccn1CC. The summed E-state index contributed by atoms with van der Waals surface area (Å²) in [4.78, 5) is 4.58. The minimum absolute atomic E-state index is 0.387. The van der Waals surface area contributed by atoms with E-state index in [1.54, 1.807) is 0 Å². The Morgan fingerprint density at radius 3 is 2.85 bits per heavy atom. The van der Waals surface area contributed by atoms with Gasteiger partial charge in [-0.1, -0.05) is 6.92 Å². The van der Waals surface area contributed by atoms with Gasteiger partial charge in [0.1, 0.15) is 5.82 Å². The first-order valence-electron chi connectivity index (χ1n) is 8.14. The van der Waals surface area contributed by atoms with Crippen LogP contribution in [0.15, 0.2) is 12.4 Å². The van der Waals surface area contributed by atoms with Crippen molar-refractivity contribution in [2.75, 3.05) is 13.2 Å². The highest BCUT2D eigenvalue weighted by Gasteiger charge is 2.32. The van der Waals surface area contributed by atoms with Crippen molar-refractivity contribution in [3.8, 4) is 0 Å². The van der Waals surface area contributed by atoms with Crippen LogP contribution >= 0.6 is 0 Å². The molecule has 1 atom stereocenters. The molecule has 1 fully saturated rings. The highest BCUT2D eigenvalue weighted by atomic mass is 16.5. The summed E-state index contributed by atoms with van der Waals surface area (Å²) in [6.45, 7) is 9.36. The van der Waals surface area contributed by atoms with Gasteiger partial charge in [-0.15, -0.1) is 0 Å². The zero-order valence-corrected chi connectivity index (χ0v) is 13.1. The van der Waals surface area contributed by atoms with Crippen molar-refractivity contribution >= 4 is 0 Å². The van der Waals surface area contributed by atoms with Crippen molar-refractivity contribution in [2.24, 2.45) is 5.92 Å². The second-order valence-corrected chi connectivity index (χ2v) is 5.73. The molecule has 1 aromatic rings. The number of hydrogen-bond donors (Lipinski definition) is 1. The van der Waals surface area contributed by atoms with Gasteiger partial charge in [0, 0.05) is 25.5 Å². The Kier molecular flexibility index (Phi) is 6.05. The van der Waals surface area contributed by atoms with Gasteiger partial charge in [0.15, 0.2) is 0 Å². The molecule has 114 valence electrons. The number of rotatable bonds is 9. The first kappa shape index (κ1) is 15.5. The number of imidazole rings is 1. The van der Waals surface area contributed by atoms with E-state index in [1.807, 2.05) is 6.20 Å². The molecule has 0 radical (unpaired) electrons. The van der Waals surface area contributed by atoms with Gasteiger partial charge >= 0.3 is 0 Å². The van der Waals surface area contributed by atoms with Crippen LogP contribution in [0.1, 0.15) is 58.3 Å². The number of ether oxygens (including phenoxy) is 1. The predicted octanol–water partition coefficient (Wildman–Crippen LogP) is 3.15. The number of aromatic nitrogens is 2. The summed E-state index contributed by atoms with van der Waals surface area (Å²) >= 11 is 0. The summed E-state index contributed by atoms with van der Waals surface area (Å²) in [6.07, 6.45) is 9.28. The van der Waals surface area contributed by atoms with Gasteiger partial charge < -0.3 is 14.6 Å². The molecule has 4 heteroatoms. The standard InChI is InChI=1S/C16H29N3O/c1-4-7-17-15(16-18-8-9-19(16)5-2)12-13-10-14(11-13)20-6-3/h8-9,13-15,17H,4-7,10-12H2,1-3H3. The molecule has 1 saturated carbocycles. The van der Waals surface area contributed by atoms with Gasteiger partial charge in [-0.05, 0) is 52.0 Å². The normalized spacial score (nSPS) is 23.6. The number of nitrogens with zero attached hydrogens (tertiary/aromatic N) is 2. The van der Waals surface area contributed by atoms with E-state index in [4.69, 9.17) is 4.74 Å². The van der Waals surface area contributed by atoms with Gasteiger partial charge in [0.2, 0.25) is 0 Å². The molecule has 20 heavy (non-hydrogen) atoms. The second kappa shape index (κ2) is 7.79. The molecule has 1 aromatic heterocycles. The van der Waals surface area contributed by atoms with E-state index >= 15 is 0 Å². The molecule has 1 unspecified atom stereocenters. The fourth-order valence-corrected chi connectivity index (χ4v) is 3.07. The minimum Gasteiger partial charge on any atom is -0.378 e. The molecule has 1 N–H and O–H groups in total. The summed E-state index contributed by atoms with van der Waals surface area (Å²) in [5.41, 5.74) is 0. The predicted molar refractivity (Wildman–Crippen MR) is 81.7 cm³/mol. The molecule has 1 aliphatic carbocycles. The topological polar surface area (TPSA) is 39.1 Å². The Morgan fingerprint density at radius 1 is 1.40 bits per heavy atom. The molecule has 0 bridgehead atoms. The van der Waals surface area contributed by atoms with Gasteiger partial charge in [-0.3, -0.25) is 0 Å². The average molecular weight is 279 g/mol. The third-order valence-electron chi connectivity index (χ3n) is 4.20. The molecule has 0 aliphatic heterocycles. The molecule has 1 aliphatic rings. The maximum Gasteiger partial charge on any atom is 0.125 e. The zero-order chi connectivity index (χ0) is 14.4. The van der Waals surface area contributed by atoms with E-state index in [0.717, 1.165) is 32.0 Å². The van der Waals surface area contributed by atoms with E-state index in [9.17, 15) is 0 Å². The Hall–Kier alpha value is -0.870. The average Bonchev–Trinajstić information content (AvgIpc) is 2.88. The molecular formula is C16H29N3O. The molecule has 0 aromatic carbocycles. The third kappa shape index (κ3) is 3.83. The monoisotopic (exact) mass is 279 g/mol. The van der Waals surface area contributed by atoms with Crippen LogP contribution in [-0.2, 0) is 11.3 Å². The maximum atomic E-state index is 5.67. The van der Waals surface area contributed by atoms with Gasteiger partial charge in [-0.25, -0.2) is 4.98 Å². The van der Waals surface area contributed by atoms with Gasteiger partial charge in [-0.2, -0.15) is 0 Å². The van der Waals surface area contributed by atoms with Crippen molar-refractivity contribution in [2.45, 2.75) is 65.1 Å². The van der Waals surface area contributed by atoms with Crippen molar-refractivity contribution < 1.29 is 4.74 Å². The molecule has 1 heterocycles. The molecule has 4 nitrogen and oxygen atoms in total. The van der Waals surface area contributed by atoms with E-state index in [1.165, 1.54) is 25.1 Å². The van der Waals surface area contributed by atoms with Crippen molar-refractivity contribution in [1.29, 1.82) is 0 Å². The van der Waals surface area contributed by atoms with Crippen molar-refractivity contribution in [3.05, 3.63) is 18.2 Å². The molecule has 2 rings (SSSR count). The minimum atomic E-state index is 0.387. The second-order valence-electron chi connectivity index (χ2n) is 5.73. The van der Waals surface area contributed by atoms with Crippen LogP contribution < -0.4 is 5.32 Å². The Morgan fingerprint density at radius 2 is 2.20 bits per heavy atom. The molecule has 0 spiro atoms. The Labute approximate surface area is 122 Å². The lowest BCUT2D eigenvalue weighted by molar-refractivity contribution is -0.0294. The zero-order valence-electron chi connectivity index (χ0n) is 13.1. The van der Waals surface area contributed by atoms with Crippen LogP contribution in [0.4, 0.5) is 0 Å². The molecular weight excluding hydrogens is 250 g/mol. The van der Waals surface area contributed by atoms with Crippen LogP contribution in [0.5, 0.6) is 0 Å². The van der Waals surface area contributed by atoms with Crippen LogP contribution in [0, 0.1) is 5.92 Å². The lowest BCUT2D eigenvalue weighted by Crippen LogP contribution is -2.35. The van der Waals surface area contributed by atoms with Gasteiger partial charge in [0.25, 0.3) is 0 Å². The highest BCUT2D eigenvalue weighted by Crippen LogP contribution is 2.36. The summed E-state index contributed by atoms with van der Waals surface area (Å²) in [6, 6.07) is 0.387. The van der Waals surface area contributed by atoms with Crippen LogP contribution in [0.3, 0.4) is 0 Å². The lowest BCUT2D eigenvalue weighted by atomic mass is 9.78. The summed E-state index contributed by atoms with van der Waals surface area (Å²) in [5, 5.41) is 3.67. The highest BCUT2D eigenvalue weighted by molar-refractivity contribution is 5.01. The van der Waals surface area contributed by atoms with E-state index in [-0.39, 0.29) is 0 Å². The van der Waals surface area contributed by atoms with Crippen LogP contribution in [0.25, 0.3) is 0 Å². The fraction of sp³-hybridized carbons (Fsp3) is 0.812. The third-order valence-corrected chi connectivity index (χ3v) is 4.20. The maximum absolute atomic E-state index is 5.67. The summed E-state index contributed by atoms with van der Waals surface area (Å²) in [5.74, 6) is 1.98. The Balaban J connectivity index is 1.91. The van der Waals surface area contributed by atoms with E-state index in [0.29, 0.717) is 12.1 Å². The molecule has 0 saturated heterocycles. The molecule has 0 amide bonds. The summed E-state index contributed by atoms with van der Waals surface area (Å²) < 4.78 is 7.92. The number of aryl methyl sites for hydroxylation is 1. The van der Waals surface area contributed by atoms with Crippen molar-refractivity contribution in [3.63, 3.8) is 0 Å². The number of nitrogens with one attached hydrogen (secondary N) is 1. The smallest absolute Gasteiger partial charge is 0.125 e.